The first kappa shape index (κ1) is 13.2. The summed E-state index contributed by atoms with van der Waals surface area (Å²) in [5, 5.41) is 20.6. The molecule has 0 saturated carbocycles. The Balaban J connectivity index is 2.74. The van der Waals surface area contributed by atoms with Crippen molar-refractivity contribution in [2.45, 2.75) is 30.7 Å². The molecule has 1 atom stereocenters. The Morgan fingerprint density at radius 1 is 1.38 bits per heavy atom. The fourth-order valence-electron chi connectivity index (χ4n) is 1.35. The molecule has 0 fully saturated rings. The Bertz CT molecular complexity index is 370. The van der Waals surface area contributed by atoms with Crippen molar-refractivity contribution in [1.82, 2.24) is 5.32 Å². The molecule has 0 radical (unpaired) electrons. The molecule has 3 N–H and O–H groups in total. The van der Waals surface area contributed by atoms with Crippen LogP contribution in [0.15, 0.2) is 29.2 Å². The number of rotatable bonds is 4. The molecule has 0 amide bonds. The smallest absolute Gasteiger partial charge is 0.219 e. The molecule has 88 valence electrons. The summed E-state index contributed by atoms with van der Waals surface area (Å²) in [4.78, 5) is 12.6. The van der Waals surface area contributed by atoms with Gasteiger partial charge in [-0.2, -0.15) is 0 Å². The molecule has 0 aliphatic carbocycles. The predicted molar refractivity (Wildman–Crippen MR) is 63.5 cm³/mol. The van der Waals surface area contributed by atoms with E-state index in [1.165, 1.54) is 0 Å². The molecular weight excluding hydrogens is 226 g/mol. The summed E-state index contributed by atoms with van der Waals surface area (Å²) in [6.07, 6.45) is 0. The van der Waals surface area contributed by atoms with Crippen LogP contribution in [0.4, 0.5) is 0 Å². The van der Waals surface area contributed by atoms with Crippen molar-refractivity contribution in [2.24, 2.45) is 0 Å². The average molecular weight is 241 g/mol. The summed E-state index contributed by atoms with van der Waals surface area (Å²) in [6, 6.07) is 6.04. The van der Waals surface area contributed by atoms with Gasteiger partial charge in [-0.3, -0.25) is 10.1 Å². The van der Waals surface area contributed by atoms with E-state index in [4.69, 9.17) is 10.2 Å². The van der Waals surface area contributed by atoms with Crippen LogP contribution in [0.2, 0.25) is 0 Å². The van der Waals surface area contributed by atoms with Crippen molar-refractivity contribution in [1.29, 1.82) is 0 Å². The molecule has 0 aromatic heterocycles. The van der Waals surface area contributed by atoms with Gasteiger partial charge in [0.25, 0.3) is 0 Å². The zero-order valence-electron chi connectivity index (χ0n) is 9.14. The number of Topliss-reactive ketones (excluding diaryl/α,β-unsaturated/α-hetero) is 1. The van der Waals surface area contributed by atoms with Gasteiger partial charge >= 0.3 is 0 Å². The van der Waals surface area contributed by atoms with Crippen molar-refractivity contribution in [3.63, 3.8) is 0 Å². The van der Waals surface area contributed by atoms with E-state index in [1.54, 1.807) is 31.2 Å². The Hall–Kier alpha value is -0.880. The zero-order valence-corrected chi connectivity index (χ0v) is 10.0. The molecule has 5 heteroatoms. The topological polar surface area (TPSA) is 69.6 Å². The highest BCUT2D eigenvalue weighted by Gasteiger charge is 2.23. The van der Waals surface area contributed by atoms with Crippen LogP contribution in [0.3, 0.4) is 0 Å². The third-order valence-electron chi connectivity index (χ3n) is 2.04. The first-order valence-electron chi connectivity index (χ1n) is 4.85. The highest BCUT2D eigenvalue weighted by molar-refractivity contribution is 7.80. The summed E-state index contributed by atoms with van der Waals surface area (Å²) < 4.78 is 0. The van der Waals surface area contributed by atoms with Crippen LogP contribution < -0.4 is 5.32 Å². The van der Waals surface area contributed by atoms with E-state index >= 15 is 0 Å². The van der Waals surface area contributed by atoms with E-state index in [0.29, 0.717) is 5.56 Å². The monoisotopic (exact) mass is 241 g/mol. The minimum absolute atomic E-state index is 0.206. The number of aliphatic hydroxyl groups is 2. The quantitative estimate of drug-likeness (QED) is 0.357. The van der Waals surface area contributed by atoms with Gasteiger partial charge in [-0.05, 0) is 19.1 Å². The van der Waals surface area contributed by atoms with E-state index < -0.39 is 12.0 Å². The molecule has 0 aliphatic heterocycles. The zero-order chi connectivity index (χ0) is 12.3. The summed E-state index contributed by atoms with van der Waals surface area (Å²) in [5.74, 6) is -2.26. The Labute approximate surface area is 99.7 Å². The lowest BCUT2D eigenvalue weighted by Gasteiger charge is -2.22. The molecular formula is C11H15NO3S. The maximum Gasteiger partial charge on any atom is 0.219 e. The maximum absolute atomic E-state index is 11.8. The molecule has 16 heavy (non-hydrogen) atoms. The van der Waals surface area contributed by atoms with Gasteiger partial charge < -0.3 is 10.2 Å². The van der Waals surface area contributed by atoms with Crippen molar-refractivity contribution < 1.29 is 15.0 Å². The van der Waals surface area contributed by atoms with Crippen LogP contribution >= 0.6 is 12.6 Å². The molecule has 0 spiro atoms. The summed E-state index contributed by atoms with van der Waals surface area (Å²) in [5.41, 5.74) is 0.502. The van der Waals surface area contributed by atoms with Crippen LogP contribution in [-0.4, -0.2) is 27.9 Å². The van der Waals surface area contributed by atoms with Crippen LogP contribution in [0.1, 0.15) is 24.2 Å². The lowest BCUT2D eigenvalue weighted by Crippen LogP contribution is -2.49. The van der Waals surface area contributed by atoms with Gasteiger partial charge in [0.05, 0.1) is 6.04 Å². The average Bonchev–Trinajstić information content (AvgIpc) is 2.15. The first-order chi connectivity index (χ1) is 7.29. The normalized spacial score (nSPS) is 13.6. The van der Waals surface area contributed by atoms with E-state index in [2.05, 4.69) is 17.9 Å². The minimum atomic E-state index is -2.06. The van der Waals surface area contributed by atoms with Crippen LogP contribution in [0.5, 0.6) is 0 Å². The van der Waals surface area contributed by atoms with E-state index in [0.717, 1.165) is 11.8 Å². The molecule has 1 aromatic rings. The second-order valence-corrected chi connectivity index (χ2v) is 4.31. The first-order valence-corrected chi connectivity index (χ1v) is 5.30. The molecule has 1 aromatic carbocycles. The molecule has 0 bridgehead atoms. The van der Waals surface area contributed by atoms with Gasteiger partial charge in [0.1, 0.15) is 0 Å². The lowest BCUT2D eigenvalue weighted by molar-refractivity contribution is -0.172. The Kier molecular flexibility index (Phi) is 4.09. The summed E-state index contributed by atoms with van der Waals surface area (Å²) >= 11 is 4.11. The van der Waals surface area contributed by atoms with E-state index in [9.17, 15) is 4.79 Å². The van der Waals surface area contributed by atoms with Crippen molar-refractivity contribution >= 4 is 18.4 Å². The summed E-state index contributed by atoms with van der Waals surface area (Å²) in [7, 11) is 0. The van der Waals surface area contributed by atoms with Crippen LogP contribution in [0, 0.1) is 0 Å². The maximum atomic E-state index is 11.8. The van der Waals surface area contributed by atoms with Gasteiger partial charge in [-0.25, -0.2) is 0 Å². The van der Waals surface area contributed by atoms with Gasteiger partial charge in [-0.15, -0.1) is 12.6 Å². The molecule has 0 saturated heterocycles. The number of benzene rings is 1. The predicted octanol–water partition coefficient (Wildman–Crippen LogP) is 0.794. The molecule has 1 unspecified atom stereocenters. The number of thiol groups is 1. The lowest BCUT2D eigenvalue weighted by atomic mass is 10.1. The van der Waals surface area contributed by atoms with E-state index in [-0.39, 0.29) is 5.78 Å². The van der Waals surface area contributed by atoms with E-state index in [1.807, 2.05) is 0 Å². The standard InChI is InChI=1S/C11H15NO3S/c1-7(12-11(2,14)15)10(13)8-3-5-9(16)6-4-8/h3-7,12,14-16H,1-2H3. The van der Waals surface area contributed by atoms with Crippen LogP contribution in [-0.2, 0) is 0 Å². The third kappa shape index (κ3) is 3.94. The number of hydrogen-bond donors (Lipinski definition) is 4. The molecule has 0 heterocycles. The van der Waals surface area contributed by atoms with Gasteiger partial charge in [-0.1, -0.05) is 12.1 Å². The second-order valence-electron chi connectivity index (χ2n) is 3.80. The van der Waals surface area contributed by atoms with Gasteiger partial charge in [0.2, 0.25) is 5.91 Å². The Morgan fingerprint density at radius 3 is 2.31 bits per heavy atom. The SMILES string of the molecule is CC(NC(C)(O)O)C(=O)c1ccc(S)cc1. The Morgan fingerprint density at radius 2 is 1.88 bits per heavy atom. The summed E-state index contributed by atoms with van der Waals surface area (Å²) in [6.45, 7) is 2.73. The molecule has 4 nitrogen and oxygen atoms in total. The highest BCUT2D eigenvalue weighted by atomic mass is 32.1. The van der Waals surface area contributed by atoms with Crippen LogP contribution in [0.25, 0.3) is 0 Å². The van der Waals surface area contributed by atoms with Gasteiger partial charge in [0, 0.05) is 17.4 Å². The minimum Gasteiger partial charge on any atom is -0.354 e. The van der Waals surface area contributed by atoms with Crippen molar-refractivity contribution in [3.8, 4) is 0 Å². The largest absolute Gasteiger partial charge is 0.354 e. The molecule has 0 aliphatic rings. The fourth-order valence-corrected chi connectivity index (χ4v) is 1.50. The highest BCUT2D eigenvalue weighted by Crippen LogP contribution is 2.10. The number of hydrogen-bond acceptors (Lipinski definition) is 5. The number of carbonyl (C=O) groups excluding carboxylic acids is 1. The van der Waals surface area contributed by atoms with Crippen molar-refractivity contribution in [3.05, 3.63) is 29.8 Å². The number of nitrogens with one attached hydrogen (secondary N) is 1. The van der Waals surface area contributed by atoms with Gasteiger partial charge in [0.15, 0.2) is 5.78 Å². The number of ketones is 1. The number of carbonyl (C=O) groups is 1. The molecule has 1 rings (SSSR count). The van der Waals surface area contributed by atoms with Crippen molar-refractivity contribution in [2.75, 3.05) is 0 Å². The third-order valence-corrected chi connectivity index (χ3v) is 2.33. The fraction of sp³-hybridized carbons (Fsp3) is 0.364. The second kappa shape index (κ2) is 4.97.